The van der Waals surface area contributed by atoms with Crippen LogP contribution in [0.5, 0.6) is 0 Å². The molecule has 0 aromatic rings. The van der Waals surface area contributed by atoms with E-state index in [0.717, 1.165) is 44.9 Å². The van der Waals surface area contributed by atoms with E-state index in [4.69, 9.17) is 10.6 Å². The van der Waals surface area contributed by atoms with E-state index in [9.17, 15) is 24.6 Å². The van der Waals surface area contributed by atoms with Gasteiger partial charge in [-0.25, -0.2) is 4.79 Å². The Morgan fingerprint density at radius 1 is 0.714 bits per heavy atom. The number of rotatable bonds is 28. The molecule has 1 saturated heterocycles. The molecule has 9 nitrogen and oxygen atoms in total. The molecule has 0 aromatic heterocycles. The van der Waals surface area contributed by atoms with E-state index < -0.39 is 36.0 Å². The standard InChI is InChI=1S/C33H63N3O6/c1-3-5-7-9-11-13-15-17-21-29(38)27-35(26-28(37)20-16-14-12-10-8-6-4-2)25-19-18-22-30(34)33(41)42-36-31(39)23-24-32(36)40/h28-30,37-38H,3-27,34H2,1-2H3/t28-,29-,30-/m1/s1. The molecule has 1 aliphatic heterocycles. The Kier molecular flexibility index (Phi) is 22.8. The average molecular weight is 598 g/mol. The van der Waals surface area contributed by atoms with Crippen molar-refractivity contribution in [3.8, 4) is 0 Å². The van der Waals surface area contributed by atoms with Gasteiger partial charge in [-0.05, 0) is 32.2 Å². The second-order valence-electron chi connectivity index (χ2n) is 12.3. The second kappa shape index (κ2) is 24.8. The van der Waals surface area contributed by atoms with Gasteiger partial charge in [0.15, 0.2) is 0 Å². The number of amides is 2. The Balaban J connectivity index is 2.41. The maximum Gasteiger partial charge on any atom is 0.349 e. The maximum atomic E-state index is 12.3. The second-order valence-corrected chi connectivity index (χ2v) is 12.3. The molecule has 1 rings (SSSR count). The maximum absolute atomic E-state index is 12.3. The van der Waals surface area contributed by atoms with Crippen molar-refractivity contribution in [2.45, 2.75) is 173 Å². The van der Waals surface area contributed by atoms with E-state index in [1.807, 2.05) is 0 Å². The highest BCUT2D eigenvalue weighted by Gasteiger charge is 2.34. The number of aliphatic hydroxyl groups excluding tert-OH is 2. The Labute approximate surface area is 255 Å². The van der Waals surface area contributed by atoms with Gasteiger partial charge in [0.2, 0.25) is 0 Å². The van der Waals surface area contributed by atoms with E-state index in [-0.39, 0.29) is 12.8 Å². The molecular weight excluding hydrogens is 534 g/mol. The van der Waals surface area contributed by atoms with Gasteiger partial charge < -0.3 is 20.8 Å². The SMILES string of the molecule is CCCCCCCCCC[C@@H](O)CN(CCCC[C@@H](N)C(=O)ON1C(=O)CCC1=O)C[C@H](O)CCCCCCCCC. The topological polar surface area (TPSA) is 133 Å². The zero-order chi connectivity index (χ0) is 31.0. The largest absolute Gasteiger partial charge is 0.392 e. The molecular formula is C33H63N3O6. The van der Waals surface area contributed by atoms with Gasteiger partial charge in [-0.3, -0.25) is 14.5 Å². The van der Waals surface area contributed by atoms with Gasteiger partial charge in [-0.1, -0.05) is 117 Å². The van der Waals surface area contributed by atoms with Gasteiger partial charge in [0.05, 0.1) is 12.2 Å². The lowest BCUT2D eigenvalue weighted by molar-refractivity contribution is -0.198. The van der Waals surface area contributed by atoms with Crippen LogP contribution in [0.4, 0.5) is 0 Å². The monoisotopic (exact) mass is 597 g/mol. The molecule has 0 aromatic carbocycles. The van der Waals surface area contributed by atoms with Crippen LogP contribution in [0.1, 0.15) is 155 Å². The minimum atomic E-state index is -0.921. The quantitative estimate of drug-likeness (QED) is 0.0763. The number of nitrogens with two attached hydrogens (primary N) is 1. The summed E-state index contributed by atoms with van der Waals surface area (Å²) in [7, 11) is 0. The molecule has 1 fully saturated rings. The Morgan fingerprint density at radius 2 is 1.12 bits per heavy atom. The van der Waals surface area contributed by atoms with Gasteiger partial charge in [0.25, 0.3) is 11.8 Å². The molecule has 2 amide bonds. The van der Waals surface area contributed by atoms with Gasteiger partial charge in [-0.2, -0.15) is 0 Å². The van der Waals surface area contributed by atoms with Crippen molar-refractivity contribution in [2.24, 2.45) is 5.73 Å². The number of aliphatic hydroxyl groups is 2. The summed E-state index contributed by atoms with van der Waals surface area (Å²) in [6.07, 6.45) is 20.9. The zero-order valence-electron chi connectivity index (χ0n) is 26.9. The number of carbonyl (C=O) groups excluding carboxylic acids is 3. The van der Waals surface area contributed by atoms with Gasteiger partial charge >= 0.3 is 5.97 Å². The van der Waals surface area contributed by atoms with Crippen LogP contribution in [0.3, 0.4) is 0 Å². The highest BCUT2D eigenvalue weighted by Crippen LogP contribution is 2.16. The number of hydrogen-bond acceptors (Lipinski definition) is 8. The normalized spacial score (nSPS) is 15.9. The molecule has 0 spiro atoms. The number of nitrogens with zero attached hydrogens (tertiary/aromatic N) is 2. The summed E-state index contributed by atoms with van der Waals surface area (Å²) in [6, 6.07) is -0.921. The van der Waals surface area contributed by atoms with E-state index >= 15 is 0 Å². The Hall–Kier alpha value is -1.55. The first-order chi connectivity index (χ1) is 20.3. The minimum absolute atomic E-state index is 0.0485. The molecule has 1 aliphatic rings. The average Bonchev–Trinajstić information content (AvgIpc) is 3.28. The third-order valence-electron chi connectivity index (χ3n) is 8.20. The molecule has 0 saturated carbocycles. The number of carbonyl (C=O) groups is 3. The predicted molar refractivity (Wildman–Crippen MR) is 167 cm³/mol. The number of hydrogen-bond donors (Lipinski definition) is 3. The van der Waals surface area contributed by atoms with Crippen molar-refractivity contribution in [3.05, 3.63) is 0 Å². The molecule has 1 heterocycles. The first-order valence-electron chi connectivity index (χ1n) is 17.2. The fraction of sp³-hybridized carbons (Fsp3) is 0.909. The van der Waals surface area contributed by atoms with E-state index in [2.05, 4.69) is 18.7 Å². The lowest BCUT2D eigenvalue weighted by Crippen LogP contribution is -2.40. The van der Waals surface area contributed by atoms with Crippen LogP contribution in [0.2, 0.25) is 0 Å². The van der Waals surface area contributed by atoms with Crippen LogP contribution in [0, 0.1) is 0 Å². The molecule has 0 unspecified atom stereocenters. The van der Waals surface area contributed by atoms with Crippen molar-refractivity contribution in [2.75, 3.05) is 19.6 Å². The van der Waals surface area contributed by atoms with E-state index in [0.29, 0.717) is 37.5 Å². The van der Waals surface area contributed by atoms with Crippen molar-refractivity contribution < 1.29 is 29.4 Å². The molecule has 246 valence electrons. The zero-order valence-corrected chi connectivity index (χ0v) is 26.9. The van der Waals surface area contributed by atoms with Crippen LogP contribution in [0.25, 0.3) is 0 Å². The minimum Gasteiger partial charge on any atom is -0.392 e. The van der Waals surface area contributed by atoms with Crippen molar-refractivity contribution in [3.63, 3.8) is 0 Å². The van der Waals surface area contributed by atoms with Crippen LogP contribution in [-0.4, -0.2) is 75.8 Å². The highest BCUT2D eigenvalue weighted by molar-refractivity contribution is 6.01. The summed E-state index contributed by atoms with van der Waals surface area (Å²) in [5.41, 5.74) is 5.97. The van der Waals surface area contributed by atoms with Crippen molar-refractivity contribution >= 4 is 17.8 Å². The first-order valence-corrected chi connectivity index (χ1v) is 17.2. The van der Waals surface area contributed by atoms with Crippen LogP contribution >= 0.6 is 0 Å². The van der Waals surface area contributed by atoms with Crippen molar-refractivity contribution in [1.82, 2.24) is 9.96 Å². The number of unbranched alkanes of at least 4 members (excludes halogenated alkanes) is 14. The molecule has 0 radical (unpaired) electrons. The summed E-state index contributed by atoms with van der Waals surface area (Å²) in [5.74, 6) is -1.81. The number of hydroxylamine groups is 2. The smallest absolute Gasteiger partial charge is 0.349 e. The summed E-state index contributed by atoms with van der Waals surface area (Å²) >= 11 is 0. The summed E-state index contributed by atoms with van der Waals surface area (Å²) < 4.78 is 0. The molecule has 4 N–H and O–H groups in total. The van der Waals surface area contributed by atoms with Gasteiger partial charge in [-0.15, -0.1) is 5.06 Å². The lowest BCUT2D eigenvalue weighted by Gasteiger charge is -2.27. The number of imide groups is 1. The predicted octanol–water partition coefficient (Wildman–Crippen LogP) is 5.79. The summed E-state index contributed by atoms with van der Waals surface area (Å²) in [4.78, 5) is 42.7. The third-order valence-corrected chi connectivity index (χ3v) is 8.20. The lowest BCUT2D eigenvalue weighted by atomic mass is 10.0. The van der Waals surface area contributed by atoms with Gasteiger partial charge in [0, 0.05) is 25.9 Å². The Morgan fingerprint density at radius 3 is 1.57 bits per heavy atom. The summed E-state index contributed by atoms with van der Waals surface area (Å²) in [5, 5.41) is 22.0. The molecule has 0 aliphatic carbocycles. The van der Waals surface area contributed by atoms with Crippen molar-refractivity contribution in [1.29, 1.82) is 0 Å². The highest BCUT2D eigenvalue weighted by atomic mass is 16.7. The van der Waals surface area contributed by atoms with Gasteiger partial charge in [0.1, 0.15) is 6.04 Å². The van der Waals surface area contributed by atoms with E-state index in [1.54, 1.807) is 0 Å². The fourth-order valence-electron chi connectivity index (χ4n) is 5.52. The molecule has 42 heavy (non-hydrogen) atoms. The van der Waals surface area contributed by atoms with Crippen LogP contribution < -0.4 is 5.73 Å². The van der Waals surface area contributed by atoms with Crippen LogP contribution in [-0.2, 0) is 19.2 Å². The first kappa shape index (κ1) is 38.5. The molecule has 3 atom stereocenters. The molecule has 0 bridgehead atoms. The van der Waals surface area contributed by atoms with E-state index in [1.165, 1.54) is 70.6 Å². The fourth-order valence-corrected chi connectivity index (χ4v) is 5.52. The third kappa shape index (κ3) is 18.9. The molecule has 9 heteroatoms. The Bertz CT molecular complexity index is 706. The van der Waals surface area contributed by atoms with Crippen LogP contribution in [0.15, 0.2) is 0 Å². The summed E-state index contributed by atoms with van der Waals surface area (Å²) in [6.45, 7) is 6.19.